The number of aromatic amines is 1. The summed E-state index contributed by atoms with van der Waals surface area (Å²) < 4.78 is 0. The van der Waals surface area contributed by atoms with E-state index in [2.05, 4.69) is 15.0 Å². The first-order chi connectivity index (χ1) is 5.92. The van der Waals surface area contributed by atoms with E-state index in [9.17, 15) is 0 Å². The van der Waals surface area contributed by atoms with Crippen molar-refractivity contribution in [3.63, 3.8) is 0 Å². The van der Waals surface area contributed by atoms with Gasteiger partial charge in [-0.05, 0) is 0 Å². The molecule has 0 unspecified atom stereocenters. The molecule has 0 spiro atoms. The minimum atomic E-state index is 0.402. The van der Waals surface area contributed by atoms with Crippen molar-refractivity contribution in [2.45, 2.75) is 6.61 Å². The highest BCUT2D eigenvalue weighted by molar-refractivity contribution is 5.80. The minimum absolute atomic E-state index is 0.402. The van der Waals surface area contributed by atoms with Gasteiger partial charge in [-0.25, -0.2) is 5.90 Å². The predicted molar refractivity (Wildman–Crippen MR) is 45.1 cm³/mol. The van der Waals surface area contributed by atoms with Gasteiger partial charge in [-0.3, -0.25) is 9.94 Å². The number of hydrogen-bond donors (Lipinski definition) is 2. The molecule has 0 radical (unpaired) electrons. The van der Waals surface area contributed by atoms with E-state index in [-0.39, 0.29) is 0 Å². The first-order valence-electron chi connectivity index (χ1n) is 3.64. The van der Waals surface area contributed by atoms with Gasteiger partial charge in [-0.2, -0.15) is 5.10 Å². The topological polar surface area (TPSA) is 63.9 Å². The van der Waals surface area contributed by atoms with Gasteiger partial charge in [0.15, 0.2) is 0 Å². The lowest BCUT2D eigenvalue weighted by molar-refractivity contribution is 0.125. The molecule has 1 aromatic heterocycles. The zero-order valence-corrected chi connectivity index (χ0v) is 6.45. The molecule has 0 bridgehead atoms. The maximum atomic E-state index is 4.99. The molecule has 2 rings (SSSR count). The summed E-state index contributed by atoms with van der Waals surface area (Å²) >= 11 is 0. The molecule has 0 saturated heterocycles. The summed E-state index contributed by atoms with van der Waals surface area (Å²) in [6.45, 7) is 0.402. The first kappa shape index (κ1) is 7.27. The second-order valence-corrected chi connectivity index (χ2v) is 2.56. The van der Waals surface area contributed by atoms with E-state index in [1.165, 1.54) is 0 Å². The van der Waals surface area contributed by atoms with Gasteiger partial charge in [0.05, 0.1) is 18.3 Å². The number of H-pyrrole nitrogens is 1. The Bertz CT molecular complexity index is 382. The van der Waals surface area contributed by atoms with Gasteiger partial charge in [0.1, 0.15) is 0 Å². The van der Waals surface area contributed by atoms with E-state index in [0.717, 1.165) is 16.5 Å². The number of rotatable bonds is 2. The van der Waals surface area contributed by atoms with Crippen LogP contribution in [0.3, 0.4) is 0 Å². The van der Waals surface area contributed by atoms with Gasteiger partial charge < -0.3 is 0 Å². The summed E-state index contributed by atoms with van der Waals surface area (Å²) in [5.74, 6) is 4.99. The number of aromatic nitrogens is 2. The van der Waals surface area contributed by atoms with Crippen molar-refractivity contribution in [2.24, 2.45) is 5.90 Å². The van der Waals surface area contributed by atoms with Crippen LogP contribution in [0.5, 0.6) is 0 Å². The van der Waals surface area contributed by atoms with Crippen molar-refractivity contribution in [1.82, 2.24) is 10.2 Å². The largest absolute Gasteiger partial charge is 0.300 e. The number of para-hydroxylation sites is 1. The Morgan fingerprint density at radius 2 is 2.42 bits per heavy atom. The number of nitrogens with two attached hydrogens (primary N) is 1. The quantitative estimate of drug-likeness (QED) is 0.648. The highest BCUT2D eigenvalue weighted by Crippen LogP contribution is 2.15. The fraction of sp³-hybridized carbons (Fsp3) is 0.125. The summed E-state index contributed by atoms with van der Waals surface area (Å²) in [5, 5.41) is 7.88. The van der Waals surface area contributed by atoms with Gasteiger partial charge in [-0.15, -0.1) is 0 Å². The van der Waals surface area contributed by atoms with Crippen molar-refractivity contribution in [3.05, 3.63) is 30.0 Å². The SMILES string of the molecule is NOCc1cccc2cn[nH]c12. The third-order valence-corrected chi connectivity index (χ3v) is 1.80. The van der Waals surface area contributed by atoms with Crippen LogP contribution in [0.2, 0.25) is 0 Å². The molecule has 12 heavy (non-hydrogen) atoms. The van der Waals surface area contributed by atoms with Gasteiger partial charge in [0.2, 0.25) is 0 Å². The average Bonchev–Trinajstić information content (AvgIpc) is 2.53. The molecule has 0 amide bonds. The second kappa shape index (κ2) is 2.92. The highest BCUT2D eigenvalue weighted by Gasteiger charge is 2.00. The standard InChI is InChI=1S/C8H9N3O/c9-12-5-7-3-1-2-6-4-10-11-8(6)7/h1-4H,5,9H2,(H,10,11). The Morgan fingerprint density at radius 3 is 3.25 bits per heavy atom. The highest BCUT2D eigenvalue weighted by atomic mass is 16.6. The zero-order valence-electron chi connectivity index (χ0n) is 6.45. The van der Waals surface area contributed by atoms with Crippen LogP contribution in [-0.4, -0.2) is 10.2 Å². The fourth-order valence-corrected chi connectivity index (χ4v) is 1.24. The lowest BCUT2D eigenvalue weighted by atomic mass is 10.1. The van der Waals surface area contributed by atoms with Crippen LogP contribution < -0.4 is 5.90 Å². The number of fused-ring (bicyclic) bond motifs is 1. The van der Waals surface area contributed by atoms with Crippen molar-refractivity contribution in [3.8, 4) is 0 Å². The Morgan fingerprint density at radius 1 is 1.50 bits per heavy atom. The number of benzene rings is 1. The molecule has 0 aliphatic heterocycles. The minimum Gasteiger partial charge on any atom is -0.300 e. The molecular formula is C8H9N3O. The van der Waals surface area contributed by atoms with E-state index >= 15 is 0 Å². The molecule has 0 aliphatic rings. The number of nitrogens with one attached hydrogen (secondary N) is 1. The second-order valence-electron chi connectivity index (χ2n) is 2.56. The maximum Gasteiger partial charge on any atom is 0.0950 e. The lowest BCUT2D eigenvalue weighted by Crippen LogP contribution is -1.99. The van der Waals surface area contributed by atoms with Crippen LogP contribution in [0.25, 0.3) is 10.9 Å². The summed E-state index contributed by atoms with van der Waals surface area (Å²) in [5.41, 5.74) is 2.01. The number of hydrogen-bond acceptors (Lipinski definition) is 3. The van der Waals surface area contributed by atoms with Crippen molar-refractivity contribution in [2.75, 3.05) is 0 Å². The van der Waals surface area contributed by atoms with Crippen LogP contribution in [0.1, 0.15) is 5.56 Å². The molecule has 3 N–H and O–H groups in total. The molecular weight excluding hydrogens is 154 g/mol. The van der Waals surface area contributed by atoms with E-state index in [0.29, 0.717) is 6.61 Å². The number of nitrogens with zero attached hydrogens (tertiary/aromatic N) is 1. The van der Waals surface area contributed by atoms with Gasteiger partial charge in [0.25, 0.3) is 0 Å². The first-order valence-corrected chi connectivity index (χ1v) is 3.64. The van der Waals surface area contributed by atoms with Gasteiger partial charge >= 0.3 is 0 Å². The third kappa shape index (κ3) is 1.07. The molecule has 2 aromatic rings. The normalized spacial score (nSPS) is 10.8. The van der Waals surface area contributed by atoms with Crippen LogP contribution >= 0.6 is 0 Å². The third-order valence-electron chi connectivity index (χ3n) is 1.80. The monoisotopic (exact) mass is 163 g/mol. The van der Waals surface area contributed by atoms with E-state index < -0.39 is 0 Å². The average molecular weight is 163 g/mol. The molecule has 4 heteroatoms. The van der Waals surface area contributed by atoms with Crippen molar-refractivity contribution < 1.29 is 4.84 Å². The smallest absolute Gasteiger partial charge is 0.0950 e. The summed E-state index contributed by atoms with van der Waals surface area (Å²) in [6.07, 6.45) is 1.77. The molecule has 0 fully saturated rings. The molecule has 1 aromatic carbocycles. The maximum absolute atomic E-state index is 4.99. The van der Waals surface area contributed by atoms with Crippen molar-refractivity contribution >= 4 is 10.9 Å². The molecule has 62 valence electrons. The molecule has 1 heterocycles. The zero-order chi connectivity index (χ0) is 8.39. The summed E-state index contributed by atoms with van der Waals surface area (Å²) in [7, 11) is 0. The van der Waals surface area contributed by atoms with Crippen LogP contribution in [-0.2, 0) is 11.4 Å². The Labute approximate surface area is 69.3 Å². The molecule has 0 saturated carbocycles. The Hall–Kier alpha value is -1.39. The summed E-state index contributed by atoms with van der Waals surface area (Å²) in [6, 6.07) is 5.89. The van der Waals surface area contributed by atoms with Gasteiger partial charge in [-0.1, -0.05) is 18.2 Å². The fourth-order valence-electron chi connectivity index (χ4n) is 1.24. The molecule has 4 nitrogen and oxygen atoms in total. The van der Waals surface area contributed by atoms with Crippen molar-refractivity contribution in [1.29, 1.82) is 0 Å². The van der Waals surface area contributed by atoms with Gasteiger partial charge in [0, 0.05) is 10.9 Å². The summed E-state index contributed by atoms with van der Waals surface area (Å²) in [4.78, 5) is 4.56. The molecule has 0 atom stereocenters. The van der Waals surface area contributed by atoms with E-state index in [1.807, 2.05) is 18.2 Å². The van der Waals surface area contributed by atoms with Crippen LogP contribution in [0, 0.1) is 0 Å². The van der Waals surface area contributed by atoms with Crippen LogP contribution in [0.15, 0.2) is 24.4 Å². The Kier molecular flexibility index (Phi) is 1.77. The lowest BCUT2D eigenvalue weighted by Gasteiger charge is -1.98. The Balaban J connectivity index is 2.57. The van der Waals surface area contributed by atoms with Crippen LogP contribution in [0.4, 0.5) is 0 Å². The molecule has 0 aliphatic carbocycles. The predicted octanol–water partition coefficient (Wildman–Crippen LogP) is 0.953. The van der Waals surface area contributed by atoms with E-state index in [1.54, 1.807) is 6.20 Å². The van der Waals surface area contributed by atoms with E-state index in [4.69, 9.17) is 5.90 Å².